The van der Waals surface area contributed by atoms with Gasteiger partial charge in [0.05, 0.1) is 4.90 Å². The number of amides is 1. The van der Waals surface area contributed by atoms with E-state index in [1.807, 2.05) is 6.92 Å². The van der Waals surface area contributed by atoms with Gasteiger partial charge in [0.25, 0.3) is 5.91 Å². The van der Waals surface area contributed by atoms with Gasteiger partial charge in [-0.15, -0.1) is 11.8 Å². The molecule has 27 heavy (non-hydrogen) atoms. The molecule has 2 aromatic rings. The first-order valence-electron chi connectivity index (χ1n) is 8.77. The van der Waals surface area contributed by atoms with E-state index in [1.54, 1.807) is 37.7 Å². The predicted molar refractivity (Wildman–Crippen MR) is 111 cm³/mol. The molecule has 0 aliphatic heterocycles. The molecule has 2 aromatic carbocycles. The lowest BCUT2D eigenvalue weighted by atomic mass is 10.2. The third-order valence-corrected chi connectivity index (χ3v) is 7.22. The maximum Gasteiger partial charge on any atom is 0.251 e. The number of benzene rings is 2. The van der Waals surface area contributed by atoms with E-state index in [4.69, 9.17) is 0 Å². The third kappa shape index (κ3) is 5.82. The van der Waals surface area contributed by atoms with Crippen molar-refractivity contribution in [2.24, 2.45) is 0 Å². The molecule has 2 rings (SSSR count). The summed E-state index contributed by atoms with van der Waals surface area (Å²) in [5.74, 6) is 0.465. The monoisotopic (exact) mass is 406 g/mol. The summed E-state index contributed by atoms with van der Waals surface area (Å²) in [7, 11) is -2.07. The van der Waals surface area contributed by atoms with Crippen molar-refractivity contribution in [1.82, 2.24) is 9.62 Å². The van der Waals surface area contributed by atoms with E-state index in [1.165, 1.54) is 29.0 Å². The number of nitrogens with zero attached hydrogens (tertiary/aromatic N) is 1. The number of sulfonamides is 1. The van der Waals surface area contributed by atoms with Crippen LogP contribution in [-0.2, 0) is 10.0 Å². The molecule has 0 atom stereocenters. The Labute approximate surface area is 166 Å². The molecular weight excluding hydrogens is 380 g/mol. The molecule has 1 amide bonds. The molecule has 1 N–H and O–H groups in total. The second-order valence-electron chi connectivity index (χ2n) is 6.56. The van der Waals surface area contributed by atoms with Gasteiger partial charge in [-0.2, -0.15) is 4.31 Å². The number of aryl methyl sites for hydroxylation is 1. The van der Waals surface area contributed by atoms with Crippen LogP contribution >= 0.6 is 11.8 Å². The number of carbonyl (C=O) groups excluding carboxylic acids is 1. The molecule has 0 unspecified atom stereocenters. The van der Waals surface area contributed by atoms with Crippen LogP contribution in [0, 0.1) is 6.92 Å². The highest BCUT2D eigenvalue weighted by Crippen LogP contribution is 2.19. The lowest BCUT2D eigenvalue weighted by molar-refractivity contribution is 0.0956. The Morgan fingerprint density at radius 3 is 2.44 bits per heavy atom. The fraction of sp³-hybridized carbons (Fsp3) is 0.350. The molecule has 0 radical (unpaired) electrons. The van der Waals surface area contributed by atoms with Crippen LogP contribution in [0.5, 0.6) is 0 Å². The molecule has 0 aromatic heterocycles. The number of thioether (sulfide) groups is 1. The van der Waals surface area contributed by atoms with E-state index >= 15 is 0 Å². The maximum absolute atomic E-state index is 12.6. The zero-order valence-corrected chi connectivity index (χ0v) is 17.7. The predicted octanol–water partition coefficient (Wildman–Crippen LogP) is 3.55. The van der Waals surface area contributed by atoms with Gasteiger partial charge in [0.1, 0.15) is 0 Å². The minimum absolute atomic E-state index is 0.125. The van der Waals surface area contributed by atoms with Crippen molar-refractivity contribution in [3.05, 3.63) is 59.7 Å². The van der Waals surface area contributed by atoms with Gasteiger partial charge in [-0.05, 0) is 51.1 Å². The summed E-state index contributed by atoms with van der Waals surface area (Å²) in [6.45, 7) is 6.15. The Morgan fingerprint density at radius 2 is 1.81 bits per heavy atom. The highest BCUT2D eigenvalue weighted by atomic mass is 32.2. The number of hydrogen-bond donors (Lipinski definition) is 1. The van der Waals surface area contributed by atoms with E-state index in [0.29, 0.717) is 12.1 Å². The summed E-state index contributed by atoms with van der Waals surface area (Å²) < 4.78 is 26.5. The van der Waals surface area contributed by atoms with Crippen LogP contribution in [0.1, 0.15) is 29.8 Å². The molecular formula is C20H26N2O3S2. The molecule has 0 aliphatic rings. The first-order valence-corrected chi connectivity index (χ1v) is 11.2. The normalized spacial score (nSPS) is 11.8. The van der Waals surface area contributed by atoms with Crippen LogP contribution in [0.4, 0.5) is 0 Å². The van der Waals surface area contributed by atoms with Gasteiger partial charge in [0.2, 0.25) is 10.0 Å². The highest BCUT2D eigenvalue weighted by molar-refractivity contribution is 7.99. The molecule has 0 saturated heterocycles. The topological polar surface area (TPSA) is 66.5 Å². The Balaban J connectivity index is 1.96. The Kier molecular flexibility index (Phi) is 7.47. The Bertz CT molecular complexity index is 878. The summed E-state index contributed by atoms with van der Waals surface area (Å²) in [5, 5.41) is 2.84. The van der Waals surface area contributed by atoms with Crippen molar-refractivity contribution in [2.75, 3.05) is 19.3 Å². The zero-order chi connectivity index (χ0) is 20.0. The van der Waals surface area contributed by atoms with Crippen LogP contribution in [0.25, 0.3) is 0 Å². The van der Waals surface area contributed by atoms with Crippen molar-refractivity contribution in [2.45, 2.75) is 36.6 Å². The van der Waals surface area contributed by atoms with Crippen LogP contribution < -0.4 is 5.32 Å². The number of rotatable bonds is 8. The molecule has 0 heterocycles. The largest absolute Gasteiger partial charge is 0.351 e. The Morgan fingerprint density at radius 1 is 1.15 bits per heavy atom. The lowest BCUT2D eigenvalue weighted by Gasteiger charge is -2.21. The molecule has 7 heteroatoms. The number of hydrogen-bond acceptors (Lipinski definition) is 4. The van der Waals surface area contributed by atoms with Crippen LogP contribution in [-0.4, -0.2) is 44.0 Å². The van der Waals surface area contributed by atoms with E-state index in [0.717, 1.165) is 10.6 Å². The van der Waals surface area contributed by atoms with Gasteiger partial charge >= 0.3 is 0 Å². The standard InChI is InChI=1S/C20H26N2O3S2/c1-15(2)22(4)27(24,25)19-7-5-6-17(14-19)20(23)21-12-13-26-18-10-8-16(3)9-11-18/h5-11,14-15H,12-13H2,1-4H3,(H,21,23). The minimum Gasteiger partial charge on any atom is -0.351 e. The van der Waals surface area contributed by atoms with Crippen molar-refractivity contribution in [1.29, 1.82) is 0 Å². The van der Waals surface area contributed by atoms with Gasteiger partial charge in [0, 0.05) is 35.8 Å². The van der Waals surface area contributed by atoms with Gasteiger partial charge < -0.3 is 5.32 Å². The summed E-state index contributed by atoms with van der Waals surface area (Å²) >= 11 is 1.66. The lowest BCUT2D eigenvalue weighted by Crippen LogP contribution is -2.33. The summed E-state index contributed by atoms with van der Waals surface area (Å²) in [5.41, 5.74) is 1.55. The molecule has 0 bridgehead atoms. The average molecular weight is 407 g/mol. The first-order chi connectivity index (χ1) is 12.7. The molecule has 0 saturated carbocycles. The fourth-order valence-electron chi connectivity index (χ4n) is 2.31. The van der Waals surface area contributed by atoms with Gasteiger partial charge in [0.15, 0.2) is 0 Å². The average Bonchev–Trinajstić information content (AvgIpc) is 2.65. The minimum atomic E-state index is -3.61. The summed E-state index contributed by atoms with van der Waals surface area (Å²) in [6, 6.07) is 14.2. The van der Waals surface area contributed by atoms with Crippen molar-refractivity contribution < 1.29 is 13.2 Å². The quantitative estimate of drug-likeness (QED) is 0.538. The zero-order valence-electron chi connectivity index (χ0n) is 16.1. The van der Waals surface area contributed by atoms with Gasteiger partial charge in [-0.3, -0.25) is 4.79 Å². The fourth-order valence-corrected chi connectivity index (χ4v) is 4.49. The molecule has 0 aliphatic carbocycles. The van der Waals surface area contributed by atoms with Crippen LogP contribution in [0.2, 0.25) is 0 Å². The van der Waals surface area contributed by atoms with E-state index in [9.17, 15) is 13.2 Å². The van der Waals surface area contributed by atoms with E-state index < -0.39 is 10.0 Å². The van der Waals surface area contributed by atoms with Crippen molar-refractivity contribution >= 4 is 27.7 Å². The molecule has 0 spiro atoms. The second-order valence-corrected chi connectivity index (χ2v) is 9.73. The second kappa shape index (κ2) is 9.39. The smallest absolute Gasteiger partial charge is 0.251 e. The highest BCUT2D eigenvalue weighted by Gasteiger charge is 2.23. The van der Waals surface area contributed by atoms with Gasteiger partial charge in [-0.25, -0.2) is 8.42 Å². The van der Waals surface area contributed by atoms with Crippen molar-refractivity contribution in [3.63, 3.8) is 0 Å². The van der Waals surface area contributed by atoms with Crippen LogP contribution in [0.15, 0.2) is 58.3 Å². The van der Waals surface area contributed by atoms with Crippen LogP contribution in [0.3, 0.4) is 0 Å². The number of nitrogens with one attached hydrogen (secondary N) is 1. The summed E-state index contributed by atoms with van der Waals surface area (Å²) in [4.78, 5) is 13.6. The van der Waals surface area contributed by atoms with Crippen molar-refractivity contribution in [3.8, 4) is 0 Å². The third-order valence-electron chi connectivity index (χ3n) is 4.18. The maximum atomic E-state index is 12.6. The molecule has 146 valence electrons. The molecule has 0 fully saturated rings. The SMILES string of the molecule is Cc1ccc(SCCNC(=O)c2cccc(S(=O)(=O)N(C)C(C)C)c2)cc1. The summed E-state index contributed by atoms with van der Waals surface area (Å²) in [6.07, 6.45) is 0. The molecule has 5 nitrogen and oxygen atoms in total. The Hall–Kier alpha value is -1.83. The number of carbonyl (C=O) groups is 1. The first kappa shape index (κ1) is 21.5. The van der Waals surface area contributed by atoms with E-state index in [2.05, 4.69) is 29.6 Å². The van der Waals surface area contributed by atoms with E-state index in [-0.39, 0.29) is 16.8 Å². The van der Waals surface area contributed by atoms with Gasteiger partial charge in [-0.1, -0.05) is 23.8 Å².